The molecule has 3 rings (SSSR count). The highest BCUT2D eigenvalue weighted by molar-refractivity contribution is 6.22. The molecule has 3 aliphatic rings. The molecule has 0 aromatic heterocycles. The third-order valence-electron chi connectivity index (χ3n) is 7.28. The van der Waals surface area contributed by atoms with Gasteiger partial charge in [-0.2, -0.15) is 0 Å². The van der Waals surface area contributed by atoms with E-state index in [-0.39, 0.29) is 34.9 Å². The van der Waals surface area contributed by atoms with Crippen molar-refractivity contribution in [3.63, 3.8) is 0 Å². The van der Waals surface area contributed by atoms with Crippen molar-refractivity contribution in [1.82, 2.24) is 5.32 Å². The molecule has 2 aliphatic carbocycles. The molecule has 1 saturated carbocycles. The summed E-state index contributed by atoms with van der Waals surface area (Å²) in [6.07, 6.45) is 11.7. The number of ketones is 1. The molecular weight excluding hydrogens is 358 g/mol. The first-order chi connectivity index (χ1) is 13.6. The van der Waals surface area contributed by atoms with Crippen LogP contribution in [0.5, 0.6) is 0 Å². The van der Waals surface area contributed by atoms with E-state index in [4.69, 9.17) is 0 Å². The zero-order valence-electron chi connectivity index (χ0n) is 19.1. The van der Waals surface area contributed by atoms with Gasteiger partial charge in [0.15, 0.2) is 5.78 Å². The summed E-state index contributed by atoms with van der Waals surface area (Å²) in [7, 11) is 0. The van der Waals surface area contributed by atoms with Crippen LogP contribution >= 0.6 is 0 Å². The number of Topliss-reactive ketones (excluding diaryl/α,β-unsaturated/α-hetero) is 1. The van der Waals surface area contributed by atoms with Crippen LogP contribution in [0.3, 0.4) is 0 Å². The van der Waals surface area contributed by atoms with Gasteiger partial charge < -0.3 is 5.32 Å². The van der Waals surface area contributed by atoms with Gasteiger partial charge in [0.25, 0.3) is 5.91 Å². The topological polar surface area (TPSA) is 46.2 Å². The van der Waals surface area contributed by atoms with Crippen LogP contribution in [0, 0.1) is 35.0 Å². The molecule has 29 heavy (non-hydrogen) atoms. The SMILES string of the molecule is C/C=C(\C)C1C(C)=CC2(C)CC(C)CCC2C1C(=O)C1=C/C(=C/C(C)C)NC1=O. The standard InChI is InChI=1S/C26H37NO2/c1-8-17(5)22-18(6)14-26(7)13-16(4)9-10-21(26)23(22)24(28)20-12-19(11-15(2)3)27-25(20)29/h8,11-12,14-16,21-23H,9-10,13H2,1-7H3,(H,27,29)/b17-8+,19-11-. The van der Waals surface area contributed by atoms with Gasteiger partial charge in [-0.1, -0.05) is 63.5 Å². The predicted octanol–water partition coefficient (Wildman–Crippen LogP) is 5.75. The second-order valence-electron chi connectivity index (χ2n) is 10.2. The maximum absolute atomic E-state index is 13.9. The molecule has 0 saturated heterocycles. The second-order valence-corrected chi connectivity index (χ2v) is 10.2. The molecule has 0 aromatic rings. The number of allylic oxidation sites excluding steroid dienone is 6. The van der Waals surface area contributed by atoms with Gasteiger partial charge in [0.2, 0.25) is 0 Å². The van der Waals surface area contributed by atoms with Crippen LogP contribution in [0.1, 0.15) is 67.7 Å². The van der Waals surface area contributed by atoms with Crippen LogP contribution in [0.15, 0.2) is 46.7 Å². The van der Waals surface area contributed by atoms with Gasteiger partial charge in [-0.3, -0.25) is 9.59 Å². The lowest BCUT2D eigenvalue weighted by Gasteiger charge is -2.52. The van der Waals surface area contributed by atoms with Crippen molar-refractivity contribution in [2.75, 3.05) is 0 Å². The molecule has 1 heterocycles. The van der Waals surface area contributed by atoms with E-state index in [2.05, 4.69) is 59.0 Å². The van der Waals surface area contributed by atoms with Crippen molar-refractivity contribution in [1.29, 1.82) is 0 Å². The number of amides is 1. The number of carbonyl (C=O) groups excluding carboxylic acids is 2. The Morgan fingerprint density at radius 1 is 1.31 bits per heavy atom. The Hall–Kier alpha value is -1.90. The predicted molar refractivity (Wildman–Crippen MR) is 119 cm³/mol. The number of rotatable bonds is 4. The minimum atomic E-state index is -0.239. The molecule has 1 N–H and O–H groups in total. The van der Waals surface area contributed by atoms with Crippen LogP contribution in [0.2, 0.25) is 0 Å². The maximum atomic E-state index is 13.9. The zero-order valence-corrected chi connectivity index (χ0v) is 19.1. The van der Waals surface area contributed by atoms with Crippen molar-refractivity contribution in [2.45, 2.75) is 67.7 Å². The molecule has 0 radical (unpaired) electrons. The van der Waals surface area contributed by atoms with E-state index in [1.54, 1.807) is 6.08 Å². The third-order valence-corrected chi connectivity index (χ3v) is 7.28. The highest BCUT2D eigenvalue weighted by atomic mass is 16.2. The summed E-state index contributed by atoms with van der Waals surface area (Å²) < 4.78 is 0. The molecule has 0 bridgehead atoms. The number of fused-ring (bicyclic) bond motifs is 1. The monoisotopic (exact) mass is 395 g/mol. The Balaban J connectivity index is 2.07. The minimum Gasteiger partial charge on any atom is -0.322 e. The van der Waals surface area contributed by atoms with Crippen LogP contribution in [0.25, 0.3) is 0 Å². The van der Waals surface area contributed by atoms with Crippen molar-refractivity contribution in [2.24, 2.45) is 35.0 Å². The zero-order chi connectivity index (χ0) is 21.5. The average molecular weight is 396 g/mol. The summed E-state index contributed by atoms with van der Waals surface area (Å²) in [6, 6.07) is 0. The van der Waals surface area contributed by atoms with E-state index in [1.165, 1.54) is 11.1 Å². The van der Waals surface area contributed by atoms with E-state index < -0.39 is 0 Å². The van der Waals surface area contributed by atoms with Gasteiger partial charge in [-0.25, -0.2) is 0 Å². The average Bonchev–Trinajstić information content (AvgIpc) is 2.97. The molecule has 0 spiro atoms. The van der Waals surface area contributed by atoms with Gasteiger partial charge in [0, 0.05) is 17.5 Å². The van der Waals surface area contributed by atoms with Gasteiger partial charge in [0.05, 0.1) is 5.57 Å². The molecule has 5 atom stereocenters. The summed E-state index contributed by atoms with van der Waals surface area (Å²) in [4.78, 5) is 26.6. The molecular formula is C26H37NO2. The highest BCUT2D eigenvalue weighted by Crippen LogP contribution is 2.56. The number of hydrogen-bond acceptors (Lipinski definition) is 2. The quantitative estimate of drug-likeness (QED) is 0.486. The number of carbonyl (C=O) groups is 2. The van der Waals surface area contributed by atoms with E-state index in [0.29, 0.717) is 17.4 Å². The maximum Gasteiger partial charge on any atom is 0.259 e. The number of hydrogen-bond donors (Lipinski definition) is 1. The van der Waals surface area contributed by atoms with Crippen molar-refractivity contribution < 1.29 is 9.59 Å². The largest absolute Gasteiger partial charge is 0.322 e. The Labute approximate surface area is 176 Å². The molecule has 5 unspecified atom stereocenters. The summed E-state index contributed by atoms with van der Waals surface area (Å²) in [6.45, 7) is 15.1. The van der Waals surface area contributed by atoms with E-state index in [1.807, 2.05) is 13.0 Å². The first-order valence-corrected chi connectivity index (χ1v) is 11.2. The fraction of sp³-hybridized carbons (Fsp3) is 0.615. The molecule has 0 aromatic carbocycles. The Morgan fingerprint density at radius 3 is 2.62 bits per heavy atom. The smallest absolute Gasteiger partial charge is 0.259 e. The van der Waals surface area contributed by atoms with E-state index in [0.717, 1.165) is 25.0 Å². The van der Waals surface area contributed by atoms with Crippen molar-refractivity contribution in [3.05, 3.63) is 46.7 Å². The molecule has 3 heteroatoms. The lowest BCUT2D eigenvalue weighted by molar-refractivity contribution is -0.128. The van der Waals surface area contributed by atoms with Gasteiger partial charge in [0.1, 0.15) is 0 Å². The van der Waals surface area contributed by atoms with Gasteiger partial charge in [-0.05, 0) is 62.9 Å². The summed E-state index contributed by atoms with van der Waals surface area (Å²) in [5, 5.41) is 2.89. The van der Waals surface area contributed by atoms with Crippen LogP contribution in [-0.4, -0.2) is 11.7 Å². The van der Waals surface area contributed by atoms with Crippen LogP contribution in [-0.2, 0) is 9.59 Å². The normalized spacial score (nSPS) is 36.6. The van der Waals surface area contributed by atoms with Crippen LogP contribution in [0.4, 0.5) is 0 Å². The first-order valence-electron chi connectivity index (χ1n) is 11.2. The third kappa shape index (κ3) is 4.06. The summed E-state index contributed by atoms with van der Waals surface area (Å²) in [5.41, 5.74) is 3.64. The van der Waals surface area contributed by atoms with E-state index in [9.17, 15) is 9.59 Å². The molecule has 3 nitrogen and oxygen atoms in total. The van der Waals surface area contributed by atoms with E-state index >= 15 is 0 Å². The van der Waals surface area contributed by atoms with Gasteiger partial charge in [-0.15, -0.1) is 0 Å². The van der Waals surface area contributed by atoms with Gasteiger partial charge >= 0.3 is 0 Å². The Kier molecular flexibility index (Phi) is 6.08. The Morgan fingerprint density at radius 2 is 2.00 bits per heavy atom. The van der Waals surface area contributed by atoms with Crippen molar-refractivity contribution >= 4 is 11.7 Å². The molecule has 1 amide bonds. The fourth-order valence-electron chi connectivity index (χ4n) is 6.10. The lowest BCUT2D eigenvalue weighted by atomic mass is 9.52. The first kappa shape index (κ1) is 21.8. The number of nitrogens with one attached hydrogen (secondary N) is 1. The molecule has 1 aliphatic heterocycles. The highest BCUT2D eigenvalue weighted by Gasteiger charge is 2.51. The summed E-state index contributed by atoms with van der Waals surface area (Å²) >= 11 is 0. The fourth-order valence-corrected chi connectivity index (χ4v) is 6.10. The van der Waals surface area contributed by atoms with Crippen LogP contribution < -0.4 is 5.32 Å². The lowest BCUT2D eigenvalue weighted by Crippen LogP contribution is -2.48. The Bertz CT molecular complexity index is 826. The summed E-state index contributed by atoms with van der Waals surface area (Å²) in [5.74, 6) is 0.981. The molecule has 1 fully saturated rings. The van der Waals surface area contributed by atoms with Crippen molar-refractivity contribution in [3.8, 4) is 0 Å². The molecule has 158 valence electrons. The second kappa shape index (κ2) is 8.08. The minimum absolute atomic E-state index is 0.0266.